The second kappa shape index (κ2) is 6.00. The third-order valence-corrected chi connectivity index (χ3v) is 4.10. The number of rotatable bonds is 5. The van der Waals surface area contributed by atoms with Gasteiger partial charge in [-0.1, -0.05) is 0 Å². The molecule has 4 nitrogen and oxygen atoms in total. The molecule has 0 aliphatic rings. The quantitative estimate of drug-likeness (QED) is 0.814. The summed E-state index contributed by atoms with van der Waals surface area (Å²) in [5.74, 6) is -0.452. The van der Waals surface area contributed by atoms with Gasteiger partial charge in [0.15, 0.2) is 0 Å². The van der Waals surface area contributed by atoms with E-state index in [0.717, 1.165) is 9.35 Å². The molecular formula is C10H13BrN2O2S. The fraction of sp³-hybridized carbons (Fsp3) is 0.400. The molecule has 1 aromatic rings. The standard InChI is InChI=1S/C10H13BrN2O2S/c1-6-5-7(16-9(6)11)10(15)13-4-2-3-8(12)14/h5H,2-4H2,1H3,(H2,12,14)(H,13,15). The van der Waals surface area contributed by atoms with E-state index in [-0.39, 0.29) is 11.8 Å². The van der Waals surface area contributed by atoms with Crippen LogP contribution in [0.1, 0.15) is 28.1 Å². The Morgan fingerprint density at radius 3 is 2.75 bits per heavy atom. The average Bonchev–Trinajstić information content (AvgIpc) is 2.54. The number of hydrogen-bond acceptors (Lipinski definition) is 3. The first-order chi connectivity index (χ1) is 7.50. The fourth-order valence-corrected chi connectivity index (χ4v) is 2.57. The summed E-state index contributed by atoms with van der Waals surface area (Å²) in [6.45, 7) is 2.40. The van der Waals surface area contributed by atoms with E-state index >= 15 is 0 Å². The summed E-state index contributed by atoms with van der Waals surface area (Å²) in [7, 11) is 0. The summed E-state index contributed by atoms with van der Waals surface area (Å²) < 4.78 is 0.967. The fourth-order valence-electron chi connectivity index (χ4n) is 1.12. The molecule has 0 spiro atoms. The molecule has 0 fully saturated rings. The molecule has 0 saturated carbocycles. The van der Waals surface area contributed by atoms with Gasteiger partial charge in [-0.2, -0.15) is 0 Å². The number of nitrogens with one attached hydrogen (secondary N) is 1. The van der Waals surface area contributed by atoms with Gasteiger partial charge in [-0.15, -0.1) is 11.3 Å². The Kier molecular flexibility index (Phi) is 4.95. The molecule has 2 amide bonds. The molecule has 1 aromatic heterocycles. The van der Waals surface area contributed by atoms with Crippen LogP contribution in [0.5, 0.6) is 0 Å². The molecule has 0 unspecified atom stereocenters. The van der Waals surface area contributed by atoms with E-state index in [0.29, 0.717) is 24.3 Å². The summed E-state index contributed by atoms with van der Waals surface area (Å²) in [4.78, 5) is 22.8. The molecule has 0 aliphatic heterocycles. The van der Waals surface area contributed by atoms with Crippen molar-refractivity contribution in [3.63, 3.8) is 0 Å². The van der Waals surface area contributed by atoms with Gasteiger partial charge in [0.1, 0.15) is 0 Å². The molecule has 0 aliphatic carbocycles. The second-order valence-electron chi connectivity index (χ2n) is 3.39. The zero-order valence-corrected chi connectivity index (χ0v) is 11.3. The van der Waals surface area contributed by atoms with Crippen LogP contribution < -0.4 is 11.1 Å². The number of nitrogens with two attached hydrogens (primary N) is 1. The van der Waals surface area contributed by atoms with Crippen LogP contribution in [0.3, 0.4) is 0 Å². The van der Waals surface area contributed by atoms with E-state index in [1.165, 1.54) is 11.3 Å². The van der Waals surface area contributed by atoms with Gasteiger partial charge in [0, 0.05) is 13.0 Å². The van der Waals surface area contributed by atoms with Gasteiger partial charge in [-0.25, -0.2) is 0 Å². The van der Waals surface area contributed by atoms with Crippen molar-refractivity contribution in [1.82, 2.24) is 5.32 Å². The number of primary amides is 1. The maximum Gasteiger partial charge on any atom is 0.261 e. The molecule has 0 aromatic carbocycles. The highest BCUT2D eigenvalue weighted by Crippen LogP contribution is 2.27. The van der Waals surface area contributed by atoms with Gasteiger partial charge in [0.2, 0.25) is 5.91 Å². The highest BCUT2D eigenvalue weighted by atomic mass is 79.9. The monoisotopic (exact) mass is 304 g/mol. The maximum atomic E-state index is 11.6. The lowest BCUT2D eigenvalue weighted by Gasteiger charge is -2.01. The van der Waals surface area contributed by atoms with Crippen molar-refractivity contribution in [3.8, 4) is 0 Å². The molecule has 0 bridgehead atoms. The molecule has 16 heavy (non-hydrogen) atoms. The molecule has 3 N–H and O–H groups in total. The van der Waals surface area contributed by atoms with E-state index in [2.05, 4.69) is 21.2 Å². The summed E-state index contributed by atoms with van der Waals surface area (Å²) in [5, 5.41) is 2.74. The van der Waals surface area contributed by atoms with Crippen LogP contribution in [0.2, 0.25) is 0 Å². The zero-order valence-electron chi connectivity index (χ0n) is 8.88. The first-order valence-electron chi connectivity index (χ1n) is 4.83. The molecule has 6 heteroatoms. The lowest BCUT2D eigenvalue weighted by atomic mass is 10.3. The number of halogens is 1. The Hall–Kier alpha value is -0.880. The van der Waals surface area contributed by atoms with Gasteiger partial charge in [-0.05, 0) is 40.9 Å². The third kappa shape index (κ3) is 3.94. The highest BCUT2D eigenvalue weighted by molar-refractivity contribution is 9.11. The molecule has 1 rings (SSSR count). The van der Waals surface area contributed by atoms with Gasteiger partial charge >= 0.3 is 0 Å². The number of aryl methyl sites for hydroxylation is 1. The number of thiophene rings is 1. The summed E-state index contributed by atoms with van der Waals surface area (Å²) in [5.41, 5.74) is 6.04. The number of amides is 2. The van der Waals surface area contributed by atoms with Crippen molar-refractivity contribution < 1.29 is 9.59 Å². The van der Waals surface area contributed by atoms with Gasteiger partial charge in [-0.3, -0.25) is 9.59 Å². The number of hydrogen-bond donors (Lipinski definition) is 2. The van der Waals surface area contributed by atoms with Crippen molar-refractivity contribution in [3.05, 3.63) is 20.3 Å². The number of carbonyl (C=O) groups is 2. The third-order valence-electron chi connectivity index (χ3n) is 1.97. The van der Waals surface area contributed by atoms with Crippen LogP contribution in [0.4, 0.5) is 0 Å². The molecular weight excluding hydrogens is 292 g/mol. The van der Waals surface area contributed by atoms with Crippen molar-refractivity contribution in [1.29, 1.82) is 0 Å². The van der Waals surface area contributed by atoms with Crippen LogP contribution >= 0.6 is 27.3 Å². The summed E-state index contributed by atoms with van der Waals surface area (Å²) >= 11 is 4.76. The minimum atomic E-state index is -0.344. The minimum absolute atomic E-state index is 0.108. The zero-order chi connectivity index (χ0) is 12.1. The van der Waals surface area contributed by atoms with E-state index in [4.69, 9.17) is 5.73 Å². The molecule has 1 heterocycles. The van der Waals surface area contributed by atoms with Crippen molar-refractivity contribution >= 4 is 39.1 Å². The predicted molar refractivity (Wildman–Crippen MR) is 67.5 cm³/mol. The lowest BCUT2D eigenvalue weighted by Crippen LogP contribution is -2.24. The van der Waals surface area contributed by atoms with Crippen LogP contribution in [0, 0.1) is 6.92 Å². The van der Waals surface area contributed by atoms with E-state index in [1.807, 2.05) is 13.0 Å². The highest BCUT2D eigenvalue weighted by Gasteiger charge is 2.10. The topological polar surface area (TPSA) is 72.2 Å². The van der Waals surface area contributed by atoms with Gasteiger partial charge in [0.25, 0.3) is 5.91 Å². The predicted octanol–water partition coefficient (Wildman–Crippen LogP) is 1.81. The van der Waals surface area contributed by atoms with Crippen LogP contribution in [-0.2, 0) is 4.79 Å². The Bertz CT molecular complexity index is 384. The first-order valence-corrected chi connectivity index (χ1v) is 6.44. The average molecular weight is 305 g/mol. The van der Waals surface area contributed by atoms with Crippen molar-refractivity contribution in [2.45, 2.75) is 19.8 Å². The smallest absolute Gasteiger partial charge is 0.261 e. The Morgan fingerprint density at radius 2 is 2.25 bits per heavy atom. The summed E-state index contributed by atoms with van der Waals surface area (Å²) in [6.07, 6.45) is 0.875. The largest absolute Gasteiger partial charge is 0.370 e. The Labute approximate surface area is 106 Å². The summed E-state index contributed by atoms with van der Waals surface area (Å²) in [6, 6.07) is 1.83. The van der Waals surface area contributed by atoms with E-state index < -0.39 is 0 Å². The Morgan fingerprint density at radius 1 is 1.56 bits per heavy atom. The molecule has 88 valence electrons. The lowest BCUT2D eigenvalue weighted by molar-refractivity contribution is -0.118. The Balaban J connectivity index is 2.38. The minimum Gasteiger partial charge on any atom is -0.370 e. The maximum absolute atomic E-state index is 11.6. The normalized spacial score (nSPS) is 10.1. The SMILES string of the molecule is Cc1cc(C(=O)NCCCC(N)=O)sc1Br. The van der Waals surface area contributed by atoms with Crippen LogP contribution in [-0.4, -0.2) is 18.4 Å². The molecule has 0 saturated heterocycles. The van der Waals surface area contributed by atoms with E-state index in [9.17, 15) is 9.59 Å². The number of carbonyl (C=O) groups excluding carboxylic acids is 2. The van der Waals surface area contributed by atoms with E-state index in [1.54, 1.807) is 0 Å². The first kappa shape index (κ1) is 13.2. The van der Waals surface area contributed by atoms with Crippen molar-refractivity contribution in [2.75, 3.05) is 6.54 Å². The van der Waals surface area contributed by atoms with Gasteiger partial charge < -0.3 is 11.1 Å². The van der Waals surface area contributed by atoms with Crippen LogP contribution in [0.15, 0.2) is 9.85 Å². The second-order valence-corrected chi connectivity index (χ2v) is 5.76. The van der Waals surface area contributed by atoms with Crippen molar-refractivity contribution in [2.24, 2.45) is 5.73 Å². The molecule has 0 radical (unpaired) electrons. The van der Waals surface area contributed by atoms with Gasteiger partial charge in [0.05, 0.1) is 8.66 Å². The molecule has 0 atom stereocenters. The van der Waals surface area contributed by atoms with Crippen LogP contribution in [0.25, 0.3) is 0 Å².